The molecule has 1 heterocycles. The van der Waals surface area contributed by atoms with Crippen molar-refractivity contribution in [3.63, 3.8) is 0 Å². The molecular formula is C15H23BrN2. The van der Waals surface area contributed by atoms with Crippen molar-refractivity contribution in [2.24, 2.45) is 0 Å². The van der Waals surface area contributed by atoms with Crippen molar-refractivity contribution in [2.45, 2.75) is 45.2 Å². The molecule has 1 aromatic rings. The second-order valence-electron chi connectivity index (χ2n) is 5.21. The van der Waals surface area contributed by atoms with Gasteiger partial charge < -0.3 is 10.2 Å². The smallest absolute Gasteiger partial charge is 0.0513 e. The van der Waals surface area contributed by atoms with Crippen molar-refractivity contribution < 1.29 is 0 Å². The zero-order valence-corrected chi connectivity index (χ0v) is 13.0. The second kappa shape index (κ2) is 6.58. The van der Waals surface area contributed by atoms with Gasteiger partial charge in [-0.25, -0.2) is 0 Å². The van der Waals surface area contributed by atoms with Crippen molar-refractivity contribution in [3.8, 4) is 0 Å². The fourth-order valence-corrected chi connectivity index (χ4v) is 3.38. The topological polar surface area (TPSA) is 15.3 Å². The van der Waals surface area contributed by atoms with E-state index in [4.69, 9.17) is 0 Å². The first kappa shape index (κ1) is 13.9. The minimum absolute atomic E-state index is 0.652. The molecule has 3 heteroatoms. The number of rotatable bonds is 3. The fourth-order valence-electron chi connectivity index (χ4n) is 2.73. The molecule has 0 amide bonds. The minimum Gasteiger partial charge on any atom is -0.368 e. The molecule has 0 bridgehead atoms. The van der Waals surface area contributed by atoms with E-state index in [9.17, 15) is 0 Å². The molecule has 1 saturated heterocycles. The Morgan fingerprint density at radius 1 is 1.33 bits per heavy atom. The largest absolute Gasteiger partial charge is 0.368 e. The van der Waals surface area contributed by atoms with Crippen LogP contribution in [0, 0.1) is 0 Å². The molecule has 1 atom stereocenters. The predicted octanol–water partition coefficient (Wildman–Crippen LogP) is 3.94. The van der Waals surface area contributed by atoms with E-state index in [1.54, 1.807) is 0 Å². The summed E-state index contributed by atoms with van der Waals surface area (Å²) in [5.41, 5.74) is 2.68. The molecule has 0 spiro atoms. The van der Waals surface area contributed by atoms with Gasteiger partial charge >= 0.3 is 0 Å². The van der Waals surface area contributed by atoms with Crippen molar-refractivity contribution in [2.75, 3.05) is 18.5 Å². The van der Waals surface area contributed by atoms with Crippen LogP contribution in [-0.4, -0.2) is 19.6 Å². The van der Waals surface area contributed by atoms with Crippen LogP contribution in [0.15, 0.2) is 22.7 Å². The molecule has 0 aromatic heterocycles. The van der Waals surface area contributed by atoms with E-state index in [0.717, 1.165) is 6.54 Å². The Kier molecular flexibility index (Phi) is 5.07. The zero-order valence-electron chi connectivity index (χ0n) is 11.4. The highest BCUT2D eigenvalue weighted by molar-refractivity contribution is 9.10. The maximum Gasteiger partial charge on any atom is 0.0513 e. The normalized spacial score (nSPS) is 20.8. The first-order valence-corrected chi connectivity index (χ1v) is 7.71. The lowest BCUT2D eigenvalue weighted by atomic mass is 10.1. The molecule has 18 heavy (non-hydrogen) atoms. The standard InChI is InChI=1S/C15H23BrN2/c1-12-6-4-3-5-9-18(12)15-8-7-13(11-17-2)10-14(15)16/h7-8,10,12,17H,3-6,9,11H2,1-2H3. The van der Waals surface area contributed by atoms with E-state index < -0.39 is 0 Å². The van der Waals surface area contributed by atoms with E-state index >= 15 is 0 Å². The van der Waals surface area contributed by atoms with E-state index in [2.05, 4.69) is 51.3 Å². The summed E-state index contributed by atoms with van der Waals surface area (Å²) in [5.74, 6) is 0. The lowest BCUT2D eigenvalue weighted by Gasteiger charge is -2.30. The van der Waals surface area contributed by atoms with Gasteiger partial charge in [0.2, 0.25) is 0 Å². The third-order valence-corrected chi connectivity index (χ3v) is 4.39. The van der Waals surface area contributed by atoms with Gasteiger partial charge in [-0.2, -0.15) is 0 Å². The van der Waals surface area contributed by atoms with Crippen LogP contribution in [0.5, 0.6) is 0 Å². The first-order chi connectivity index (χ1) is 8.72. The summed E-state index contributed by atoms with van der Waals surface area (Å²) >= 11 is 3.74. The lowest BCUT2D eigenvalue weighted by Crippen LogP contribution is -2.32. The molecule has 0 saturated carbocycles. The quantitative estimate of drug-likeness (QED) is 0.909. The Morgan fingerprint density at radius 2 is 2.17 bits per heavy atom. The number of anilines is 1. The van der Waals surface area contributed by atoms with Gasteiger partial charge in [-0.3, -0.25) is 0 Å². The Morgan fingerprint density at radius 3 is 2.89 bits per heavy atom. The first-order valence-electron chi connectivity index (χ1n) is 6.92. The van der Waals surface area contributed by atoms with E-state index in [-0.39, 0.29) is 0 Å². The van der Waals surface area contributed by atoms with Crippen LogP contribution in [0.3, 0.4) is 0 Å². The molecule has 2 rings (SSSR count). The summed E-state index contributed by atoms with van der Waals surface area (Å²) in [6.45, 7) is 4.46. The number of nitrogens with zero attached hydrogens (tertiary/aromatic N) is 1. The van der Waals surface area contributed by atoms with Crippen LogP contribution in [0.25, 0.3) is 0 Å². The van der Waals surface area contributed by atoms with Crippen LogP contribution in [0.4, 0.5) is 5.69 Å². The summed E-state index contributed by atoms with van der Waals surface area (Å²) in [7, 11) is 1.98. The van der Waals surface area contributed by atoms with Crippen molar-refractivity contribution in [3.05, 3.63) is 28.2 Å². The van der Waals surface area contributed by atoms with Gasteiger partial charge in [-0.05, 0) is 60.4 Å². The maximum atomic E-state index is 3.74. The second-order valence-corrected chi connectivity index (χ2v) is 6.06. The summed E-state index contributed by atoms with van der Waals surface area (Å²) < 4.78 is 1.23. The van der Waals surface area contributed by atoms with Gasteiger partial charge in [0.05, 0.1) is 5.69 Å². The number of nitrogens with one attached hydrogen (secondary N) is 1. The van der Waals surface area contributed by atoms with Crippen LogP contribution in [0.2, 0.25) is 0 Å². The molecule has 1 unspecified atom stereocenters. The van der Waals surface area contributed by atoms with Gasteiger partial charge in [-0.15, -0.1) is 0 Å². The van der Waals surface area contributed by atoms with Crippen LogP contribution in [0.1, 0.15) is 38.2 Å². The van der Waals surface area contributed by atoms with E-state index in [0.29, 0.717) is 6.04 Å². The highest BCUT2D eigenvalue weighted by Gasteiger charge is 2.19. The molecule has 100 valence electrons. The maximum absolute atomic E-state index is 3.74. The third kappa shape index (κ3) is 3.27. The monoisotopic (exact) mass is 310 g/mol. The Labute approximate surface area is 119 Å². The minimum atomic E-state index is 0.652. The van der Waals surface area contributed by atoms with Crippen LogP contribution < -0.4 is 10.2 Å². The average molecular weight is 311 g/mol. The van der Waals surface area contributed by atoms with Gasteiger partial charge in [0.1, 0.15) is 0 Å². The highest BCUT2D eigenvalue weighted by Crippen LogP contribution is 2.31. The van der Waals surface area contributed by atoms with Gasteiger partial charge in [0.25, 0.3) is 0 Å². The Balaban J connectivity index is 2.20. The molecule has 1 aromatic carbocycles. The van der Waals surface area contributed by atoms with E-state index in [1.807, 2.05) is 7.05 Å². The van der Waals surface area contributed by atoms with Gasteiger partial charge in [-0.1, -0.05) is 18.9 Å². The summed E-state index contributed by atoms with van der Waals surface area (Å²) in [4.78, 5) is 2.56. The number of benzene rings is 1. The number of halogens is 1. The average Bonchev–Trinajstić information content (AvgIpc) is 2.55. The lowest BCUT2D eigenvalue weighted by molar-refractivity contribution is 0.615. The number of hydrogen-bond donors (Lipinski definition) is 1. The van der Waals surface area contributed by atoms with Crippen molar-refractivity contribution in [1.82, 2.24) is 5.32 Å². The van der Waals surface area contributed by atoms with Gasteiger partial charge in [0, 0.05) is 23.6 Å². The molecule has 1 aliphatic rings. The molecule has 1 fully saturated rings. The highest BCUT2D eigenvalue weighted by atomic mass is 79.9. The molecule has 0 radical (unpaired) electrons. The number of hydrogen-bond acceptors (Lipinski definition) is 2. The fraction of sp³-hybridized carbons (Fsp3) is 0.600. The van der Waals surface area contributed by atoms with Crippen LogP contribution in [-0.2, 0) is 6.54 Å². The Hall–Kier alpha value is -0.540. The summed E-state index contributed by atoms with van der Waals surface area (Å²) in [6, 6.07) is 7.38. The molecule has 0 aliphatic carbocycles. The van der Waals surface area contributed by atoms with Crippen LogP contribution >= 0.6 is 15.9 Å². The van der Waals surface area contributed by atoms with E-state index in [1.165, 1.54) is 48.0 Å². The molecule has 1 N–H and O–H groups in total. The van der Waals surface area contributed by atoms with Crippen molar-refractivity contribution in [1.29, 1.82) is 0 Å². The predicted molar refractivity (Wildman–Crippen MR) is 82.2 cm³/mol. The zero-order chi connectivity index (χ0) is 13.0. The summed E-state index contributed by atoms with van der Waals surface area (Å²) in [6.07, 6.45) is 5.36. The molecule has 2 nitrogen and oxygen atoms in total. The van der Waals surface area contributed by atoms with Gasteiger partial charge in [0.15, 0.2) is 0 Å². The SMILES string of the molecule is CNCc1ccc(N2CCCCCC2C)c(Br)c1. The van der Waals surface area contributed by atoms with Crippen molar-refractivity contribution >= 4 is 21.6 Å². The third-order valence-electron chi connectivity index (χ3n) is 3.76. The molecular weight excluding hydrogens is 288 g/mol. The summed E-state index contributed by atoms with van der Waals surface area (Å²) in [5, 5.41) is 3.19. The Bertz CT molecular complexity index is 392. The molecule has 1 aliphatic heterocycles.